The van der Waals surface area contributed by atoms with Gasteiger partial charge in [0.1, 0.15) is 0 Å². The molecule has 1 unspecified atom stereocenters. The molecule has 0 spiro atoms. The van der Waals surface area contributed by atoms with Gasteiger partial charge in [0.25, 0.3) is 0 Å². The SMILES string of the molecule is CCCC(O)(CC)[C@@H]1C(=O)N(Cc2ccccc2)C(=O)[C@H]1Cc1ccccc1. The van der Waals surface area contributed by atoms with Crippen molar-refractivity contribution in [1.82, 2.24) is 4.90 Å². The molecular formula is C24H29NO3. The second-order valence-corrected chi connectivity index (χ2v) is 7.73. The Morgan fingerprint density at radius 3 is 2.00 bits per heavy atom. The Bertz CT molecular complexity index is 805. The number of imide groups is 1. The van der Waals surface area contributed by atoms with Gasteiger partial charge < -0.3 is 5.11 Å². The van der Waals surface area contributed by atoms with Crippen molar-refractivity contribution >= 4 is 11.8 Å². The van der Waals surface area contributed by atoms with E-state index in [1.165, 1.54) is 4.90 Å². The van der Waals surface area contributed by atoms with Gasteiger partial charge in [-0.15, -0.1) is 0 Å². The number of carbonyl (C=O) groups excluding carboxylic acids is 2. The van der Waals surface area contributed by atoms with E-state index >= 15 is 0 Å². The Kier molecular flexibility index (Phi) is 6.30. The Hall–Kier alpha value is -2.46. The number of aliphatic hydroxyl groups is 1. The smallest absolute Gasteiger partial charge is 0.236 e. The fourth-order valence-electron chi connectivity index (χ4n) is 4.38. The predicted molar refractivity (Wildman–Crippen MR) is 109 cm³/mol. The van der Waals surface area contributed by atoms with Crippen LogP contribution >= 0.6 is 0 Å². The lowest BCUT2D eigenvalue weighted by atomic mass is 9.73. The molecule has 3 atom stereocenters. The summed E-state index contributed by atoms with van der Waals surface area (Å²) in [5.41, 5.74) is 0.765. The van der Waals surface area contributed by atoms with Gasteiger partial charge in [0, 0.05) is 0 Å². The van der Waals surface area contributed by atoms with Gasteiger partial charge in [-0.05, 0) is 30.4 Å². The standard InChI is InChI=1S/C24H29NO3/c1-3-15-24(28,4-2)21-20(16-18-11-7-5-8-12-18)22(26)25(23(21)27)17-19-13-9-6-10-14-19/h5-14,20-21,28H,3-4,15-17H2,1-2H3/t20-,21-,24?/m0/s1. The third-order valence-electron chi connectivity index (χ3n) is 5.87. The zero-order valence-corrected chi connectivity index (χ0v) is 16.7. The van der Waals surface area contributed by atoms with Crippen LogP contribution in [0.4, 0.5) is 0 Å². The minimum Gasteiger partial charge on any atom is -0.389 e. The molecule has 1 N–H and O–H groups in total. The van der Waals surface area contributed by atoms with Crippen LogP contribution in [0.15, 0.2) is 60.7 Å². The van der Waals surface area contributed by atoms with Crippen molar-refractivity contribution in [3.05, 3.63) is 71.8 Å². The average molecular weight is 380 g/mol. The van der Waals surface area contributed by atoms with Gasteiger partial charge in [-0.2, -0.15) is 0 Å². The summed E-state index contributed by atoms with van der Waals surface area (Å²) >= 11 is 0. The van der Waals surface area contributed by atoms with Crippen molar-refractivity contribution in [3.8, 4) is 0 Å². The Balaban J connectivity index is 1.95. The van der Waals surface area contributed by atoms with Crippen LogP contribution in [0.25, 0.3) is 0 Å². The molecule has 1 heterocycles. The maximum atomic E-state index is 13.3. The summed E-state index contributed by atoms with van der Waals surface area (Å²) in [7, 11) is 0. The van der Waals surface area contributed by atoms with Gasteiger partial charge in [-0.25, -0.2) is 0 Å². The molecular weight excluding hydrogens is 350 g/mol. The van der Waals surface area contributed by atoms with Gasteiger partial charge in [-0.1, -0.05) is 80.9 Å². The molecule has 1 aliphatic rings. The molecule has 28 heavy (non-hydrogen) atoms. The van der Waals surface area contributed by atoms with Crippen LogP contribution in [0.1, 0.15) is 44.2 Å². The lowest BCUT2D eigenvalue weighted by molar-refractivity contribution is -0.143. The minimum absolute atomic E-state index is 0.175. The van der Waals surface area contributed by atoms with E-state index in [0.717, 1.165) is 17.5 Å². The van der Waals surface area contributed by atoms with Crippen molar-refractivity contribution in [2.75, 3.05) is 0 Å². The van der Waals surface area contributed by atoms with Gasteiger partial charge in [0.15, 0.2) is 0 Å². The summed E-state index contributed by atoms with van der Waals surface area (Å²) in [5, 5.41) is 11.3. The molecule has 2 aromatic carbocycles. The van der Waals surface area contributed by atoms with Crippen LogP contribution in [-0.4, -0.2) is 27.4 Å². The van der Waals surface area contributed by atoms with E-state index in [0.29, 0.717) is 19.3 Å². The van der Waals surface area contributed by atoms with E-state index in [4.69, 9.17) is 0 Å². The lowest BCUT2D eigenvalue weighted by Crippen LogP contribution is -2.45. The molecule has 4 nitrogen and oxygen atoms in total. The highest BCUT2D eigenvalue weighted by Crippen LogP contribution is 2.41. The van der Waals surface area contributed by atoms with Crippen molar-refractivity contribution in [2.45, 2.75) is 51.7 Å². The van der Waals surface area contributed by atoms with E-state index in [1.54, 1.807) is 0 Å². The van der Waals surface area contributed by atoms with E-state index in [1.807, 2.05) is 74.5 Å². The number of rotatable bonds is 8. The third-order valence-corrected chi connectivity index (χ3v) is 5.87. The van der Waals surface area contributed by atoms with Crippen LogP contribution in [0.3, 0.4) is 0 Å². The number of hydrogen-bond acceptors (Lipinski definition) is 3. The molecule has 2 aromatic rings. The van der Waals surface area contributed by atoms with Gasteiger partial charge in [0.05, 0.1) is 24.0 Å². The fraction of sp³-hybridized carbons (Fsp3) is 0.417. The average Bonchev–Trinajstić information content (AvgIpc) is 2.94. The third kappa shape index (κ3) is 4.02. The van der Waals surface area contributed by atoms with E-state index in [9.17, 15) is 14.7 Å². The highest BCUT2D eigenvalue weighted by atomic mass is 16.3. The molecule has 4 heteroatoms. The number of carbonyl (C=O) groups is 2. The largest absolute Gasteiger partial charge is 0.389 e. The molecule has 0 aliphatic carbocycles. The quantitative estimate of drug-likeness (QED) is 0.706. The van der Waals surface area contributed by atoms with Gasteiger partial charge in [-0.3, -0.25) is 14.5 Å². The molecule has 0 bridgehead atoms. The second-order valence-electron chi connectivity index (χ2n) is 7.73. The van der Waals surface area contributed by atoms with Crippen molar-refractivity contribution < 1.29 is 14.7 Å². The van der Waals surface area contributed by atoms with E-state index in [2.05, 4.69) is 0 Å². The maximum Gasteiger partial charge on any atom is 0.236 e. The molecule has 1 aliphatic heterocycles. The van der Waals surface area contributed by atoms with E-state index in [-0.39, 0.29) is 18.4 Å². The first-order chi connectivity index (χ1) is 13.5. The van der Waals surface area contributed by atoms with Gasteiger partial charge in [0.2, 0.25) is 11.8 Å². The van der Waals surface area contributed by atoms with Gasteiger partial charge >= 0.3 is 0 Å². The minimum atomic E-state index is -1.16. The second kappa shape index (κ2) is 8.70. The number of likely N-dealkylation sites (tertiary alicyclic amines) is 1. The summed E-state index contributed by atoms with van der Waals surface area (Å²) in [6, 6.07) is 19.3. The first-order valence-corrected chi connectivity index (χ1v) is 10.2. The first-order valence-electron chi connectivity index (χ1n) is 10.2. The Morgan fingerprint density at radius 1 is 0.893 bits per heavy atom. The first kappa shape index (κ1) is 20.3. The summed E-state index contributed by atoms with van der Waals surface area (Å²) in [6.07, 6.45) is 2.19. The normalized spacial score (nSPS) is 21.8. The number of hydrogen-bond donors (Lipinski definition) is 1. The molecule has 148 valence electrons. The van der Waals surface area contributed by atoms with Crippen molar-refractivity contribution in [1.29, 1.82) is 0 Å². The van der Waals surface area contributed by atoms with Crippen molar-refractivity contribution in [3.63, 3.8) is 0 Å². The molecule has 1 fully saturated rings. The monoisotopic (exact) mass is 379 g/mol. The maximum absolute atomic E-state index is 13.3. The van der Waals surface area contributed by atoms with Crippen LogP contribution in [0.5, 0.6) is 0 Å². The summed E-state index contributed by atoms with van der Waals surface area (Å²) in [4.78, 5) is 28.0. The van der Waals surface area contributed by atoms with Crippen LogP contribution in [0.2, 0.25) is 0 Å². The van der Waals surface area contributed by atoms with Crippen LogP contribution in [-0.2, 0) is 22.6 Å². The molecule has 3 rings (SSSR count). The summed E-state index contributed by atoms with van der Waals surface area (Å²) in [6.45, 7) is 4.15. The highest BCUT2D eigenvalue weighted by molar-refractivity contribution is 6.05. The molecule has 1 saturated heterocycles. The Morgan fingerprint density at radius 2 is 1.46 bits per heavy atom. The number of benzene rings is 2. The zero-order chi connectivity index (χ0) is 20.1. The topological polar surface area (TPSA) is 57.6 Å². The number of amides is 2. The van der Waals surface area contributed by atoms with Crippen molar-refractivity contribution in [2.24, 2.45) is 11.8 Å². The predicted octanol–water partition coefficient (Wildman–Crippen LogP) is 3.97. The summed E-state index contributed by atoms with van der Waals surface area (Å²) < 4.78 is 0. The lowest BCUT2D eigenvalue weighted by Gasteiger charge is -2.34. The highest BCUT2D eigenvalue weighted by Gasteiger charge is 2.55. The molecule has 0 saturated carbocycles. The Labute approximate surface area is 167 Å². The number of nitrogens with zero attached hydrogens (tertiary/aromatic N) is 1. The summed E-state index contributed by atoms with van der Waals surface area (Å²) in [5.74, 6) is -1.65. The fourth-order valence-corrected chi connectivity index (χ4v) is 4.38. The van der Waals surface area contributed by atoms with E-state index < -0.39 is 17.4 Å². The molecule has 2 amide bonds. The molecule has 0 aromatic heterocycles. The van der Waals surface area contributed by atoms with Crippen LogP contribution < -0.4 is 0 Å². The van der Waals surface area contributed by atoms with Crippen LogP contribution in [0, 0.1) is 11.8 Å². The zero-order valence-electron chi connectivity index (χ0n) is 16.7. The molecule has 0 radical (unpaired) electrons.